The predicted molar refractivity (Wildman–Crippen MR) is 83.3 cm³/mol. The summed E-state index contributed by atoms with van der Waals surface area (Å²) in [6.45, 7) is 2.40. The van der Waals surface area contributed by atoms with Crippen LogP contribution in [0.15, 0.2) is 42.5 Å². The number of nitrogens with zero attached hydrogens (tertiary/aromatic N) is 1. The fourth-order valence-electron chi connectivity index (χ4n) is 2.08. The van der Waals surface area contributed by atoms with E-state index in [-0.39, 0.29) is 11.7 Å². The minimum absolute atomic E-state index is 0.165. The average molecular weight is 287 g/mol. The first-order valence-electron chi connectivity index (χ1n) is 6.70. The minimum Gasteiger partial charge on any atom is -0.399 e. The Hall–Kier alpha value is -2.56. The molecule has 1 amide bonds. The number of nitrogens with two attached hydrogens (primary N) is 1. The molecular formula is C16H18FN3O. The van der Waals surface area contributed by atoms with Crippen molar-refractivity contribution in [1.82, 2.24) is 5.32 Å². The zero-order valence-corrected chi connectivity index (χ0v) is 12.1. The average Bonchev–Trinajstić information content (AvgIpc) is 2.47. The largest absolute Gasteiger partial charge is 0.399 e. The number of rotatable bonds is 4. The maximum Gasteiger partial charge on any atom is 0.253 e. The molecular weight excluding hydrogens is 269 g/mol. The van der Waals surface area contributed by atoms with Crippen LogP contribution in [0.25, 0.3) is 0 Å². The van der Waals surface area contributed by atoms with Crippen molar-refractivity contribution in [2.75, 3.05) is 24.2 Å². The Bertz CT molecular complexity index is 640. The van der Waals surface area contributed by atoms with Gasteiger partial charge in [-0.25, -0.2) is 4.39 Å². The summed E-state index contributed by atoms with van der Waals surface area (Å²) in [6, 6.07) is 11.2. The molecule has 0 saturated heterocycles. The van der Waals surface area contributed by atoms with Crippen LogP contribution in [0.3, 0.4) is 0 Å². The van der Waals surface area contributed by atoms with Crippen molar-refractivity contribution in [3.05, 3.63) is 53.8 Å². The molecule has 0 aliphatic rings. The summed E-state index contributed by atoms with van der Waals surface area (Å²) in [6.07, 6.45) is 0. The predicted octanol–water partition coefficient (Wildman–Crippen LogP) is 2.93. The summed E-state index contributed by atoms with van der Waals surface area (Å²) in [5.41, 5.74) is 8.36. The molecule has 0 aromatic heterocycles. The highest BCUT2D eigenvalue weighted by atomic mass is 19.1. The Balaban J connectivity index is 2.43. The molecule has 0 atom stereocenters. The number of hydrogen-bond acceptors (Lipinski definition) is 3. The van der Waals surface area contributed by atoms with E-state index >= 15 is 0 Å². The molecule has 2 aromatic carbocycles. The fourth-order valence-corrected chi connectivity index (χ4v) is 2.08. The topological polar surface area (TPSA) is 58.4 Å². The summed E-state index contributed by atoms with van der Waals surface area (Å²) < 4.78 is 13.0. The number of nitrogen functional groups attached to an aromatic ring is 1. The molecule has 0 fully saturated rings. The van der Waals surface area contributed by atoms with E-state index in [0.29, 0.717) is 23.5 Å². The molecule has 3 N–H and O–H groups in total. The van der Waals surface area contributed by atoms with Crippen molar-refractivity contribution in [1.29, 1.82) is 0 Å². The van der Waals surface area contributed by atoms with E-state index in [1.54, 1.807) is 35.2 Å². The SMILES string of the molecule is CCNC(=O)c1ccc(N)cc1N(C)c1ccc(F)cc1. The van der Waals surface area contributed by atoms with E-state index in [1.165, 1.54) is 12.1 Å². The number of benzene rings is 2. The number of carbonyl (C=O) groups is 1. The lowest BCUT2D eigenvalue weighted by Gasteiger charge is -2.22. The van der Waals surface area contributed by atoms with Crippen molar-refractivity contribution in [3.8, 4) is 0 Å². The normalized spacial score (nSPS) is 10.2. The van der Waals surface area contributed by atoms with Gasteiger partial charge >= 0.3 is 0 Å². The van der Waals surface area contributed by atoms with Gasteiger partial charge in [-0.3, -0.25) is 4.79 Å². The summed E-state index contributed by atoms with van der Waals surface area (Å²) in [5.74, 6) is -0.467. The molecule has 2 aromatic rings. The number of carbonyl (C=O) groups excluding carboxylic acids is 1. The first-order valence-corrected chi connectivity index (χ1v) is 6.70. The molecule has 5 heteroatoms. The van der Waals surface area contributed by atoms with Crippen LogP contribution >= 0.6 is 0 Å². The summed E-state index contributed by atoms with van der Waals surface area (Å²) >= 11 is 0. The van der Waals surface area contributed by atoms with E-state index in [1.807, 2.05) is 14.0 Å². The summed E-state index contributed by atoms with van der Waals surface area (Å²) in [5, 5.41) is 2.77. The van der Waals surface area contributed by atoms with Gasteiger partial charge in [0.05, 0.1) is 11.3 Å². The maximum absolute atomic E-state index is 13.0. The summed E-state index contributed by atoms with van der Waals surface area (Å²) in [4.78, 5) is 13.9. The molecule has 0 spiro atoms. The van der Waals surface area contributed by atoms with Crippen LogP contribution in [-0.4, -0.2) is 19.5 Å². The molecule has 0 aliphatic heterocycles. The molecule has 0 saturated carbocycles. The van der Waals surface area contributed by atoms with Gasteiger partial charge in [-0.1, -0.05) is 0 Å². The Labute approximate surface area is 123 Å². The second kappa shape index (κ2) is 6.26. The van der Waals surface area contributed by atoms with Crippen LogP contribution < -0.4 is 16.0 Å². The van der Waals surface area contributed by atoms with Crippen molar-refractivity contribution in [3.63, 3.8) is 0 Å². The van der Waals surface area contributed by atoms with Gasteiger partial charge in [0.15, 0.2) is 0 Å². The van der Waals surface area contributed by atoms with Gasteiger partial charge < -0.3 is 16.0 Å². The number of anilines is 3. The second-order valence-electron chi connectivity index (χ2n) is 4.67. The van der Waals surface area contributed by atoms with Crippen molar-refractivity contribution >= 4 is 23.0 Å². The third-order valence-corrected chi connectivity index (χ3v) is 3.18. The number of halogens is 1. The molecule has 110 valence electrons. The highest BCUT2D eigenvalue weighted by molar-refractivity contribution is 6.01. The first kappa shape index (κ1) is 14.8. The zero-order valence-electron chi connectivity index (χ0n) is 12.1. The third-order valence-electron chi connectivity index (χ3n) is 3.18. The molecule has 2 rings (SSSR count). The smallest absolute Gasteiger partial charge is 0.253 e. The van der Waals surface area contributed by atoms with E-state index in [9.17, 15) is 9.18 Å². The van der Waals surface area contributed by atoms with E-state index in [4.69, 9.17) is 5.73 Å². The molecule has 0 bridgehead atoms. The van der Waals surface area contributed by atoms with Crippen LogP contribution in [0.5, 0.6) is 0 Å². The first-order chi connectivity index (χ1) is 10.0. The molecule has 21 heavy (non-hydrogen) atoms. The van der Waals surface area contributed by atoms with Crippen molar-refractivity contribution in [2.45, 2.75) is 6.92 Å². The monoisotopic (exact) mass is 287 g/mol. The molecule has 0 aliphatic carbocycles. The lowest BCUT2D eigenvalue weighted by Crippen LogP contribution is -2.25. The lowest BCUT2D eigenvalue weighted by molar-refractivity contribution is 0.0956. The zero-order chi connectivity index (χ0) is 15.4. The number of amides is 1. The van der Waals surface area contributed by atoms with Gasteiger partial charge in [0, 0.05) is 25.0 Å². The van der Waals surface area contributed by atoms with Gasteiger partial charge in [-0.05, 0) is 49.4 Å². The van der Waals surface area contributed by atoms with Gasteiger partial charge in [0.25, 0.3) is 5.91 Å². The summed E-state index contributed by atoms with van der Waals surface area (Å²) in [7, 11) is 1.81. The highest BCUT2D eigenvalue weighted by Crippen LogP contribution is 2.29. The van der Waals surface area contributed by atoms with E-state index in [2.05, 4.69) is 5.32 Å². The van der Waals surface area contributed by atoms with Crippen LogP contribution in [0, 0.1) is 5.82 Å². The van der Waals surface area contributed by atoms with E-state index in [0.717, 1.165) is 5.69 Å². The molecule has 0 unspecified atom stereocenters. The van der Waals surface area contributed by atoms with Crippen molar-refractivity contribution < 1.29 is 9.18 Å². The van der Waals surface area contributed by atoms with Gasteiger partial charge in [0.2, 0.25) is 0 Å². The van der Waals surface area contributed by atoms with Crippen molar-refractivity contribution in [2.24, 2.45) is 0 Å². The molecule has 4 nitrogen and oxygen atoms in total. The van der Waals surface area contributed by atoms with Crippen LogP contribution in [-0.2, 0) is 0 Å². The van der Waals surface area contributed by atoms with E-state index < -0.39 is 0 Å². The molecule has 0 heterocycles. The number of nitrogens with one attached hydrogen (secondary N) is 1. The molecule has 0 radical (unpaired) electrons. The van der Waals surface area contributed by atoms with Gasteiger partial charge in [0.1, 0.15) is 5.82 Å². The standard InChI is InChI=1S/C16H18FN3O/c1-3-19-16(21)14-9-6-12(18)10-15(14)20(2)13-7-4-11(17)5-8-13/h4-10H,3,18H2,1-2H3,(H,19,21). The lowest BCUT2D eigenvalue weighted by atomic mass is 10.1. The van der Waals surface area contributed by atoms with Crippen LogP contribution in [0.4, 0.5) is 21.5 Å². The Kier molecular flexibility index (Phi) is 4.42. The fraction of sp³-hybridized carbons (Fsp3) is 0.188. The number of hydrogen-bond donors (Lipinski definition) is 2. The maximum atomic E-state index is 13.0. The Morgan fingerprint density at radius 2 is 1.90 bits per heavy atom. The quantitative estimate of drug-likeness (QED) is 0.850. The Morgan fingerprint density at radius 3 is 2.52 bits per heavy atom. The highest BCUT2D eigenvalue weighted by Gasteiger charge is 2.15. The van der Waals surface area contributed by atoms with Crippen LogP contribution in [0.2, 0.25) is 0 Å². The second-order valence-corrected chi connectivity index (χ2v) is 4.67. The van der Waals surface area contributed by atoms with Gasteiger partial charge in [-0.2, -0.15) is 0 Å². The minimum atomic E-state index is -0.302. The third kappa shape index (κ3) is 3.31. The Morgan fingerprint density at radius 1 is 1.24 bits per heavy atom. The van der Waals surface area contributed by atoms with Gasteiger partial charge in [-0.15, -0.1) is 0 Å². The van der Waals surface area contributed by atoms with Crippen LogP contribution in [0.1, 0.15) is 17.3 Å².